The highest BCUT2D eigenvalue weighted by Crippen LogP contribution is 2.26. The van der Waals surface area contributed by atoms with Crippen molar-refractivity contribution in [3.8, 4) is 0 Å². The molecule has 3 atom stereocenters. The van der Waals surface area contributed by atoms with Crippen LogP contribution in [0.1, 0.15) is 47.3 Å². The summed E-state index contributed by atoms with van der Waals surface area (Å²) in [5, 5.41) is 3.05. The summed E-state index contributed by atoms with van der Waals surface area (Å²) in [6.45, 7) is 5.35. The fraction of sp³-hybridized carbons (Fsp3) is 0.391. The lowest BCUT2D eigenvalue weighted by molar-refractivity contribution is -0.132. The third kappa shape index (κ3) is 4.78. The summed E-state index contributed by atoms with van der Waals surface area (Å²) < 4.78 is 0. The zero-order valence-electron chi connectivity index (χ0n) is 16.6. The summed E-state index contributed by atoms with van der Waals surface area (Å²) in [6.07, 6.45) is 1.18. The van der Waals surface area contributed by atoms with Gasteiger partial charge in [0.15, 0.2) is 0 Å². The second-order valence-electron chi connectivity index (χ2n) is 7.74. The maximum atomic E-state index is 13.0. The van der Waals surface area contributed by atoms with E-state index in [4.69, 9.17) is 5.73 Å². The zero-order valence-corrected chi connectivity index (χ0v) is 16.6. The molecule has 1 heterocycles. The van der Waals surface area contributed by atoms with Gasteiger partial charge in [0.25, 0.3) is 5.91 Å². The molecule has 1 aliphatic heterocycles. The monoisotopic (exact) mass is 379 g/mol. The molecular weight excluding hydrogens is 350 g/mol. The van der Waals surface area contributed by atoms with Gasteiger partial charge in [-0.3, -0.25) is 9.59 Å². The van der Waals surface area contributed by atoms with Crippen LogP contribution in [0.15, 0.2) is 54.6 Å². The average Bonchev–Trinajstić information content (AvgIpc) is 3.09. The van der Waals surface area contributed by atoms with Gasteiger partial charge in [-0.25, -0.2) is 0 Å². The Hall–Kier alpha value is -2.66. The van der Waals surface area contributed by atoms with Gasteiger partial charge in [-0.1, -0.05) is 48.0 Å². The van der Waals surface area contributed by atoms with Crippen molar-refractivity contribution in [1.29, 1.82) is 0 Å². The molecule has 148 valence electrons. The Morgan fingerprint density at radius 3 is 2.43 bits per heavy atom. The van der Waals surface area contributed by atoms with Gasteiger partial charge in [0.2, 0.25) is 5.91 Å². The number of nitrogens with zero attached hydrogens (tertiary/aromatic N) is 1. The Bertz CT molecular complexity index is 804. The average molecular weight is 380 g/mol. The molecule has 2 aromatic rings. The summed E-state index contributed by atoms with van der Waals surface area (Å²) in [6, 6.07) is 16.9. The lowest BCUT2D eigenvalue weighted by Gasteiger charge is -2.25. The van der Waals surface area contributed by atoms with Gasteiger partial charge in [-0.15, -0.1) is 0 Å². The van der Waals surface area contributed by atoms with Crippen LogP contribution in [0.4, 0.5) is 0 Å². The maximum Gasteiger partial charge on any atom is 0.251 e. The Kier molecular flexibility index (Phi) is 6.47. The molecule has 3 N–H and O–H groups in total. The number of aryl methyl sites for hydroxylation is 1. The molecule has 1 fully saturated rings. The molecule has 2 aromatic carbocycles. The van der Waals surface area contributed by atoms with E-state index in [-0.39, 0.29) is 30.3 Å². The number of amides is 2. The van der Waals surface area contributed by atoms with Gasteiger partial charge in [-0.05, 0) is 50.4 Å². The predicted molar refractivity (Wildman–Crippen MR) is 111 cm³/mol. The van der Waals surface area contributed by atoms with E-state index in [1.165, 1.54) is 0 Å². The summed E-state index contributed by atoms with van der Waals surface area (Å²) >= 11 is 0. The number of hydrogen-bond acceptors (Lipinski definition) is 3. The highest BCUT2D eigenvalue weighted by molar-refractivity contribution is 5.94. The number of benzene rings is 2. The minimum atomic E-state index is -0.369. The largest absolute Gasteiger partial charge is 0.345 e. The van der Waals surface area contributed by atoms with E-state index in [2.05, 4.69) is 12.2 Å². The minimum absolute atomic E-state index is 0.0570. The Balaban J connectivity index is 1.75. The van der Waals surface area contributed by atoms with Crippen LogP contribution in [-0.4, -0.2) is 35.8 Å². The molecule has 5 heteroatoms. The standard InChI is InChI=1S/C23H29N3O2/c1-16-8-10-20(11-9-16)23(28)25-21(19-6-4-3-5-7-19)13-22(27)26-15-18(14-24)12-17(26)2/h3-11,17-18,21H,12-15,24H2,1-2H3,(H,25,28). The van der Waals surface area contributed by atoms with Crippen molar-refractivity contribution in [3.05, 3.63) is 71.3 Å². The van der Waals surface area contributed by atoms with Crippen molar-refractivity contribution in [3.63, 3.8) is 0 Å². The van der Waals surface area contributed by atoms with Crippen LogP contribution in [0, 0.1) is 12.8 Å². The second kappa shape index (κ2) is 9.02. The van der Waals surface area contributed by atoms with Crippen molar-refractivity contribution >= 4 is 11.8 Å². The fourth-order valence-electron chi connectivity index (χ4n) is 3.84. The normalized spacial score (nSPS) is 20.0. The molecule has 0 bridgehead atoms. The SMILES string of the molecule is Cc1ccc(C(=O)NC(CC(=O)N2CC(CN)CC2C)c2ccccc2)cc1. The topological polar surface area (TPSA) is 75.4 Å². The predicted octanol–water partition coefficient (Wildman–Crippen LogP) is 3.05. The van der Waals surface area contributed by atoms with Crippen molar-refractivity contribution in [2.24, 2.45) is 11.7 Å². The minimum Gasteiger partial charge on any atom is -0.345 e. The molecule has 1 aliphatic rings. The number of rotatable bonds is 6. The summed E-state index contributed by atoms with van der Waals surface area (Å²) in [7, 11) is 0. The summed E-state index contributed by atoms with van der Waals surface area (Å²) in [5.41, 5.74) is 8.42. The van der Waals surface area contributed by atoms with Crippen LogP contribution in [0.3, 0.4) is 0 Å². The van der Waals surface area contributed by atoms with Crippen molar-refractivity contribution in [2.75, 3.05) is 13.1 Å². The number of likely N-dealkylation sites (tertiary alicyclic amines) is 1. The molecule has 28 heavy (non-hydrogen) atoms. The first-order valence-electron chi connectivity index (χ1n) is 9.90. The molecule has 1 saturated heterocycles. The van der Waals surface area contributed by atoms with Gasteiger partial charge >= 0.3 is 0 Å². The Morgan fingerprint density at radius 2 is 1.82 bits per heavy atom. The third-order valence-electron chi connectivity index (χ3n) is 5.51. The molecule has 0 saturated carbocycles. The van der Waals surface area contributed by atoms with Crippen LogP contribution in [0.2, 0.25) is 0 Å². The van der Waals surface area contributed by atoms with Crippen LogP contribution >= 0.6 is 0 Å². The number of carbonyl (C=O) groups is 2. The molecule has 0 aliphatic carbocycles. The van der Waals surface area contributed by atoms with E-state index in [1.54, 1.807) is 0 Å². The highest BCUT2D eigenvalue weighted by Gasteiger charge is 2.33. The van der Waals surface area contributed by atoms with Crippen LogP contribution < -0.4 is 11.1 Å². The summed E-state index contributed by atoms with van der Waals surface area (Å²) in [4.78, 5) is 27.7. The number of carbonyl (C=O) groups excluding carboxylic acids is 2. The fourth-order valence-corrected chi connectivity index (χ4v) is 3.84. The van der Waals surface area contributed by atoms with E-state index < -0.39 is 0 Å². The van der Waals surface area contributed by atoms with Gasteiger partial charge in [-0.2, -0.15) is 0 Å². The molecular formula is C23H29N3O2. The van der Waals surface area contributed by atoms with Gasteiger partial charge in [0.1, 0.15) is 0 Å². The van der Waals surface area contributed by atoms with E-state index in [0.29, 0.717) is 24.6 Å². The number of hydrogen-bond donors (Lipinski definition) is 2. The van der Waals surface area contributed by atoms with E-state index in [0.717, 1.165) is 17.5 Å². The molecule has 3 rings (SSSR count). The lowest BCUT2D eigenvalue weighted by atomic mass is 10.0. The molecule has 0 radical (unpaired) electrons. The van der Waals surface area contributed by atoms with Crippen molar-refractivity contribution < 1.29 is 9.59 Å². The van der Waals surface area contributed by atoms with Gasteiger partial charge in [0, 0.05) is 18.2 Å². The molecule has 5 nitrogen and oxygen atoms in total. The molecule has 3 unspecified atom stereocenters. The van der Waals surface area contributed by atoms with Gasteiger partial charge < -0.3 is 16.0 Å². The highest BCUT2D eigenvalue weighted by atomic mass is 16.2. The first kappa shape index (κ1) is 20.1. The van der Waals surface area contributed by atoms with Crippen molar-refractivity contribution in [2.45, 2.75) is 38.8 Å². The Morgan fingerprint density at radius 1 is 1.14 bits per heavy atom. The first-order chi connectivity index (χ1) is 13.5. The maximum absolute atomic E-state index is 13.0. The van der Waals surface area contributed by atoms with Gasteiger partial charge in [0.05, 0.1) is 12.5 Å². The van der Waals surface area contributed by atoms with Crippen LogP contribution in [0.5, 0.6) is 0 Å². The van der Waals surface area contributed by atoms with E-state index in [1.807, 2.05) is 66.4 Å². The van der Waals surface area contributed by atoms with Crippen molar-refractivity contribution in [1.82, 2.24) is 10.2 Å². The third-order valence-corrected chi connectivity index (χ3v) is 5.51. The lowest BCUT2D eigenvalue weighted by Crippen LogP contribution is -2.38. The second-order valence-corrected chi connectivity index (χ2v) is 7.74. The number of nitrogens with one attached hydrogen (secondary N) is 1. The molecule has 0 aromatic heterocycles. The van der Waals surface area contributed by atoms with Crippen LogP contribution in [-0.2, 0) is 4.79 Å². The molecule has 0 spiro atoms. The first-order valence-corrected chi connectivity index (χ1v) is 9.90. The quantitative estimate of drug-likeness (QED) is 0.810. The molecule has 2 amide bonds. The zero-order chi connectivity index (χ0) is 20.1. The number of nitrogens with two attached hydrogens (primary N) is 1. The summed E-state index contributed by atoms with van der Waals surface area (Å²) in [5.74, 6) is 0.244. The van der Waals surface area contributed by atoms with Crippen LogP contribution in [0.25, 0.3) is 0 Å². The Labute approximate surface area is 166 Å². The van der Waals surface area contributed by atoms with E-state index >= 15 is 0 Å². The smallest absolute Gasteiger partial charge is 0.251 e. The van der Waals surface area contributed by atoms with E-state index in [9.17, 15) is 9.59 Å².